The minimum atomic E-state index is -1.18. The Morgan fingerprint density at radius 1 is 0.780 bits per heavy atom. The van der Waals surface area contributed by atoms with E-state index in [1.54, 1.807) is 5.30 Å². The van der Waals surface area contributed by atoms with Crippen LogP contribution in [-0.2, 0) is 21.8 Å². The Hall–Kier alpha value is -1.02. The molecule has 2 fully saturated rings. The van der Waals surface area contributed by atoms with Crippen molar-refractivity contribution in [2.24, 2.45) is 0 Å². The van der Waals surface area contributed by atoms with Crippen LogP contribution in [0, 0.1) is 0 Å². The summed E-state index contributed by atoms with van der Waals surface area (Å²) < 4.78 is 17.2. The molecule has 0 heterocycles. The van der Waals surface area contributed by atoms with Gasteiger partial charge >= 0.3 is 0 Å². The highest BCUT2D eigenvalue weighted by molar-refractivity contribution is 7.84. The topological polar surface area (TPSA) is 29.1 Å². The van der Waals surface area contributed by atoms with E-state index < -0.39 is 11.0 Å². The molecule has 3 aliphatic carbocycles. The van der Waals surface area contributed by atoms with Crippen LogP contribution in [0.25, 0.3) is 0 Å². The van der Waals surface area contributed by atoms with Crippen LogP contribution in [0.2, 0.25) is 0 Å². The van der Waals surface area contributed by atoms with Gasteiger partial charge in [-0.2, -0.15) is 0 Å². The first-order chi connectivity index (χ1) is 19.4. The normalized spacial score (nSPS) is 23.2. The van der Waals surface area contributed by atoms with E-state index in [0.29, 0.717) is 0 Å². The van der Waals surface area contributed by atoms with Gasteiger partial charge in [0.15, 0.2) is 0 Å². The molecule has 2 atom stereocenters. The van der Waals surface area contributed by atoms with Crippen LogP contribution in [0.1, 0.15) is 154 Å². The molecule has 0 amide bonds. The molecule has 0 spiro atoms. The van der Waals surface area contributed by atoms with Gasteiger partial charge in [0, 0.05) is 0 Å². The number of benzene rings is 2. The van der Waals surface area contributed by atoms with E-state index in [1.165, 1.54) is 99.3 Å². The van der Waals surface area contributed by atoms with Crippen molar-refractivity contribution in [1.82, 2.24) is 4.72 Å². The van der Waals surface area contributed by atoms with Gasteiger partial charge in [0.2, 0.25) is 0 Å². The quantitative estimate of drug-likeness (QED) is 0.318. The zero-order chi connectivity index (χ0) is 29.4. The second-order valence-electron chi connectivity index (χ2n) is 15.6. The number of fused-ring (bicyclic) bond motifs is 1. The molecule has 2 aromatic carbocycles. The highest BCUT2D eigenvalue weighted by Crippen LogP contribution is 2.56. The summed E-state index contributed by atoms with van der Waals surface area (Å²) in [6.07, 6.45) is 16.4. The van der Waals surface area contributed by atoms with Crippen LogP contribution in [-0.4, -0.2) is 20.3 Å². The van der Waals surface area contributed by atoms with Crippen molar-refractivity contribution in [3.05, 3.63) is 64.7 Å². The number of hydrogen-bond donors (Lipinski definition) is 1. The van der Waals surface area contributed by atoms with E-state index in [2.05, 4.69) is 95.7 Å². The average Bonchev–Trinajstić information content (AvgIpc) is 2.95. The van der Waals surface area contributed by atoms with E-state index >= 15 is 0 Å². The SMILES string of the molecule is CC1(C)CCC(C)(C)c2cc([C@@H](N[S@](=O)C(C)(C)C)c3ccccc3P(C3CCCCC3)C3CCCCC3)ccc21. The van der Waals surface area contributed by atoms with E-state index in [-0.39, 0.29) is 29.5 Å². The van der Waals surface area contributed by atoms with Crippen molar-refractivity contribution in [3.8, 4) is 0 Å². The zero-order valence-corrected chi connectivity index (χ0v) is 28.7. The molecule has 226 valence electrons. The van der Waals surface area contributed by atoms with Crippen molar-refractivity contribution >= 4 is 24.2 Å². The Balaban J connectivity index is 1.65. The Kier molecular flexibility index (Phi) is 9.60. The van der Waals surface area contributed by atoms with E-state index in [4.69, 9.17) is 0 Å². The van der Waals surface area contributed by atoms with Crippen molar-refractivity contribution in [2.45, 2.75) is 158 Å². The highest BCUT2D eigenvalue weighted by Gasteiger charge is 2.39. The molecule has 5 rings (SSSR count). The number of hydrogen-bond acceptors (Lipinski definition) is 1. The van der Waals surface area contributed by atoms with Crippen molar-refractivity contribution < 1.29 is 4.21 Å². The lowest BCUT2D eigenvalue weighted by Crippen LogP contribution is -2.39. The molecule has 41 heavy (non-hydrogen) atoms. The fourth-order valence-electron chi connectivity index (χ4n) is 7.76. The molecule has 4 heteroatoms. The monoisotopic (exact) mass is 593 g/mol. The molecule has 0 aliphatic heterocycles. The summed E-state index contributed by atoms with van der Waals surface area (Å²) in [6, 6.07) is 16.6. The smallest absolute Gasteiger partial charge is 0.0979 e. The van der Waals surface area contributed by atoms with Gasteiger partial charge in [0.1, 0.15) is 0 Å². The molecular formula is C37H56NOPS. The first-order valence-electron chi connectivity index (χ1n) is 16.6. The van der Waals surface area contributed by atoms with Crippen LogP contribution in [0.15, 0.2) is 42.5 Å². The van der Waals surface area contributed by atoms with Gasteiger partial charge in [0.25, 0.3) is 0 Å². The molecule has 2 saturated carbocycles. The van der Waals surface area contributed by atoms with Gasteiger partial charge in [-0.05, 0) is 109 Å². The van der Waals surface area contributed by atoms with Gasteiger partial charge in [-0.15, -0.1) is 0 Å². The summed E-state index contributed by atoms with van der Waals surface area (Å²) in [5.41, 5.74) is 7.65. The Morgan fingerprint density at radius 3 is 1.88 bits per heavy atom. The molecule has 2 nitrogen and oxygen atoms in total. The van der Waals surface area contributed by atoms with Gasteiger partial charge in [-0.1, -0.05) is 117 Å². The molecule has 0 aromatic heterocycles. The molecular weight excluding hydrogens is 537 g/mol. The van der Waals surface area contributed by atoms with Gasteiger partial charge in [-0.25, -0.2) is 8.93 Å². The van der Waals surface area contributed by atoms with Crippen LogP contribution >= 0.6 is 7.92 Å². The maximum atomic E-state index is 13.8. The molecule has 0 saturated heterocycles. The summed E-state index contributed by atoms with van der Waals surface area (Å²) in [5, 5.41) is 1.60. The van der Waals surface area contributed by atoms with E-state index in [0.717, 1.165) is 11.3 Å². The van der Waals surface area contributed by atoms with Gasteiger partial charge < -0.3 is 0 Å². The third kappa shape index (κ3) is 6.89. The molecule has 3 aliphatic rings. The molecule has 0 radical (unpaired) electrons. The maximum absolute atomic E-state index is 13.8. The Morgan fingerprint density at radius 2 is 1.32 bits per heavy atom. The molecule has 1 N–H and O–H groups in total. The first kappa shape index (κ1) is 31.4. The van der Waals surface area contributed by atoms with E-state index in [9.17, 15) is 4.21 Å². The minimum Gasteiger partial charge on any atom is -0.242 e. The second kappa shape index (κ2) is 12.5. The molecule has 0 bridgehead atoms. The lowest BCUT2D eigenvalue weighted by atomic mass is 9.63. The third-order valence-electron chi connectivity index (χ3n) is 10.5. The largest absolute Gasteiger partial charge is 0.242 e. The molecule has 0 unspecified atom stereocenters. The number of rotatable bonds is 7. The standard InChI is InChI=1S/C37H56NOPS/c1-35(2,3)41(39)38-34(27-22-23-31-32(26-27)37(6,7)25-24-36(31,4)5)30-20-14-15-21-33(30)40(28-16-10-8-11-17-28)29-18-12-9-13-19-29/h14-15,20-23,26,28-29,34,38H,8-13,16-19,24-25H2,1-7H3/t34-,41-/m1/s1. The van der Waals surface area contributed by atoms with Crippen LogP contribution in [0.3, 0.4) is 0 Å². The summed E-state index contributed by atoms with van der Waals surface area (Å²) in [4.78, 5) is 0. The predicted octanol–water partition coefficient (Wildman–Crippen LogP) is 9.95. The van der Waals surface area contributed by atoms with Crippen LogP contribution < -0.4 is 10.0 Å². The predicted molar refractivity (Wildman–Crippen MR) is 181 cm³/mol. The second-order valence-corrected chi connectivity index (χ2v) is 20.3. The Bertz CT molecular complexity index is 1200. The molecule has 2 aromatic rings. The Labute approximate surface area is 255 Å². The van der Waals surface area contributed by atoms with Crippen molar-refractivity contribution in [3.63, 3.8) is 0 Å². The maximum Gasteiger partial charge on any atom is 0.0979 e. The summed E-state index contributed by atoms with van der Waals surface area (Å²) in [5.74, 6) is 0. The van der Waals surface area contributed by atoms with Gasteiger partial charge in [-0.3, -0.25) is 0 Å². The van der Waals surface area contributed by atoms with Crippen molar-refractivity contribution in [2.75, 3.05) is 0 Å². The van der Waals surface area contributed by atoms with Crippen LogP contribution in [0.4, 0.5) is 0 Å². The zero-order valence-electron chi connectivity index (χ0n) is 27.0. The first-order valence-corrected chi connectivity index (χ1v) is 19.2. The van der Waals surface area contributed by atoms with Crippen LogP contribution in [0.5, 0.6) is 0 Å². The fourth-order valence-corrected chi connectivity index (χ4v) is 12.6. The lowest BCUT2D eigenvalue weighted by Gasteiger charge is -2.43. The summed E-state index contributed by atoms with van der Waals surface area (Å²) >= 11 is 0. The lowest BCUT2D eigenvalue weighted by molar-refractivity contribution is 0.331. The van der Waals surface area contributed by atoms with Gasteiger partial charge in [0.05, 0.1) is 21.8 Å². The van der Waals surface area contributed by atoms with E-state index in [1.807, 2.05) is 0 Å². The fraction of sp³-hybridized carbons (Fsp3) is 0.676. The number of nitrogens with one attached hydrogen (secondary N) is 1. The highest BCUT2D eigenvalue weighted by atomic mass is 32.2. The summed E-state index contributed by atoms with van der Waals surface area (Å²) in [6.45, 7) is 15.9. The third-order valence-corrected chi connectivity index (χ3v) is 15.6. The summed E-state index contributed by atoms with van der Waals surface area (Å²) in [7, 11) is -1.45. The minimum absolute atomic E-state index is 0.0745. The average molecular weight is 594 g/mol. The van der Waals surface area contributed by atoms with Crippen molar-refractivity contribution in [1.29, 1.82) is 0 Å².